The summed E-state index contributed by atoms with van der Waals surface area (Å²) in [5.74, 6) is 0. The van der Waals surface area contributed by atoms with Crippen LogP contribution < -0.4 is 0 Å². The minimum Gasteiger partial charge on any atom is -2.00 e. The van der Waals surface area contributed by atoms with Gasteiger partial charge in [0.15, 0.2) is 0 Å². The molecule has 0 atom stereocenters. The molecule has 2 radical (unpaired) electrons. The molecule has 0 aliphatic rings. The smallest absolute Gasteiger partial charge is 2.00 e. The average Bonchev–Trinajstić information content (AvgIpc) is 0. The van der Waals surface area contributed by atoms with Crippen molar-refractivity contribution in [2.45, 2.75) is 0 Å². The Hall–Kier alpha value is 7.15. The SMILES string of the molecule is [Gd+3].[Gd+3].[La+3].[La+3].[Lu+3].[Lu+3].[O-2].[O-2].[O-2].[O-2].[O-2].[O-2].[O-2].[O-2].[O-2]. The molecule has 0 unspecified atom stereocenters. The molecule has 9 nitrogen and oxygen atoms in total. The number of hydrogen-bond acceptors (Lipinski definition) is 0. The van der Waals surface area contributed by atoms with Crippen LogP contribution in [0.2, 0.25) is 0 Å². The van der Waals surface area contributed by atoms with E-state index in [-0.39, 0.29) is 274 Å². The molecule has 0 saturated carbocycles. The van der Waals surface area contributed by atoms with Gasteiger partial charge in [-0.05, 0) is 0 Å². The van der Waals surface area contributed by atoms with E-state index in [1.54, 1.807) is 0 Å². The van der Waals surface area contributed by atoms with E-state index >= 15 is 0 Å². The van der Waals surface area contributed by atoms with E-state index in [0.717, 1.165) is 0 Å². The summed E-state index contributed by atoms with van der Waals surface area (Å²) >= 11 is 0. The van der Waals surface area contributed by atoms with Crippen molar-refractivity contribution < 1.29 is 274 Å². The fourth-order valence-corrected chi connectivity index (χ4v) is 0. The van der Waals surface area contributed by atoms with E-state index in [1.165, 1.54) is 0 Å². The molecule has 15 heteroatoms. The summed E-state index contributed by atoms with van der Waals surface area (Å²) < 4.78 is 0. The van der Waals surface area contributed by atoms with Crippen LogP contribution >= 0.6 is 0 Å². The van der Waals surface area contributed by atoms with E-state index in [2.05, 4.69) is 0 Å². The summed E-state index contributed by atoms with van der Waals surface area (Å²) in [6.07, 6.45) is 0. The van der Waals surface area contributed by atoms with Gasteiger partial charge in [0.05, 0.1) is 0 Å². The van der Waals surface area contributed by atoms with Crippen LogP contribution in [0.25, 0.3) is 0 Å². The fourth-order valence-electron chi connectivity index (χ4n) is 0. The molecule has 0 heterocycles. The topological polar surface area (TPSA) is 256 Å². The Balaban J connectivity index is 0. The Labute approximate surface area is 266 Å². The molecule has 0 aliphatic heterocycles. The first-order chi connectivity index (χ1) is 0. The Morgan fingerprint density at radius 3 is 0.267 bits per heavy atom. The molecule has 0 aromatic heterocycles. The van der Waals surface area contributed by atoms with Crippen LogP contribution in [-0.4, -0.2) is 0 Å². The molecule has 0 aromatic rings. The molecule has 0 rings (SSSR count). The van der Waals surface area contributed by atoms with Crippen molar-refractivity contribution in [3.63, 3.8) is 0 Å². The summed E-state index contributed by atoms with van der Waals surface area (Å²) in [5, 5.41) is 0. The monoisotopic (exact) mass is 1090 g/mol. The van der Waals surface area contributed by atoms with Gasteiger partial charge in [0.25, 0.3) is 0 Å². The van der Waals surface area contributed by atoms with E-state index in [9.17, 15) is 0 Å². The molecule has 0 amide bonds. The zero-order valence-corrected chi connectivity index (χ0v) is 21.2. The first-order valence-electron chi connectivity index (χ1n) is 0. The second kappa shape index (κ2) is 168. The van der Waals surface area contributed by atoms with Crippen molar-refractivity contribution in [2.75, 3.05) is 0 Å². The molecule has 0 aliphatic carbocycles. The Kier molecular flexibility index (Phi) is 2170. The largest absolute Gasteiger partial charge is 3.00 e. The van der Waals surface area contributed by atoms with Crippen LogP contribution in [-0.2, 0) is 49.3 Å². The molecule has 0 saturated heterocycles. The molecular formula is Gd2La2Lu2O9. The minimum atomic E-state index is 0. The summed E-state index contributed by atoms with van der Waals surface area (Å²) in [5.41, 5.74) is 0. The normalized spacial score (nSPS) is 0. The van der Waals surface area contributed by atoms with Crippen LogP contribution in [0.4, 0.5) is 0 Å². The van der Waals surface area contributed by atoms with Gasteiger partial charge in [-0.25, -0.2) is 0 Å². The predicted molar refractivity (Wildman–Crippen MR) is 6.18 cm³/mol. The second-order valence-corrected chi connectivity index (χ2v) is 0. The Morgan fingerprint density at radius 1 is 0.267 bits per heavy atom. The summed E-state index contributed by atoms with van der Waals surface area (Å²) in [7, 11) is 0. The van der Waals surface area contributed by atoms with Gasteiger partial charge in [-0.2, -0.15) is 0 Å². The van der Waals surface area contributed by atoms with Crippen molar-refractivity contribution in [1.29, 1.82) is 0 Å². The number of hydrogen-bond donors (Lipinski definition) is 0. The molecule has 0 bridgehead atoms. The second-order valence-electron chi connectivity index (χ2n) is 0. The fraction of sp³-hybridized carbons (Fsp3) is 0. The van der Waals surface area contributed by atoms with Crippen molar-refractivity contribution in [3.8, 4) is 0 Å². The van der Waals surface area contributed by atoms with Gasteiger partial charge in [0.2, 0.25) is 0 Å². The Morgan fingerprint density at radius 2 is 0.267 bits per heavy atom. The maximum Gasteiger partial charge on any atom is 3.00 e. The van der Waals surface area contributed by atoms with Gasteiger partial charge in [-0.15, -0.1) is 0 Å². The van der Waals surface area contributed by atoms with Crippen LogP contribution in [0.1, 0.15) is 0 Å². The van der Waals surface area contributed by atoms with E-state index in [0.29, 0.717) is 0 Å². The Bertz CT molecular complexity index is 24.1. The third kappa shape index (κ3) is 152. The van der Waals surface area contributed by atoms with E-state index in [4.69, 9.17) is 0 Å². The van der Waals surface area contributed by atoms with Gasteiger partial charge in [-0.1, -0.05) is 0 Å². The predicted octanol–water partition coefficient (Wildman–Crippen LogP) is -1.07. The first-order valence-corrected chi connectivity index (χ1v) is 0. The van der Waals surface area contributed by atoms with Gasteiger partial charge in [0, 0.05) is 0 Å². The van der Waals surface area contributed by atoms with E-state index in [1.807, 2.05) is 0 Å². The zero-order chi connectivity index (χ0) is 0. The van der Waals surface area contributed by atoms with Crippen LogP contribution in [0.3, 0.4) is 0 Å². The van der Waals surface area contributed by atoms with Crippen molar-refractivity contribution in [1.82, 2.24) is 0 Å². The van der Waals surface area contributed by atoms with E-state index < -0.39 is 0 Å². The molecule has 0 fully saturated rings. The molecule has 106 valence electrons. The quantitative estimate of drug-likeness (QED) is 0.281. The standard InChI is InChI=1S/2Gd.2La.2Lu.9O/q6*+3;9*-2. The summed E-state index contributed by atoms with van der Waals surface area (Å²) in [4.78, 5) is 0. The third-order valence-corrected chi connectivity index (χ3v) is 0. The minimum absolute atomic E-state index is 0. The molecule has 15 heavy (non-hydrogen) atoms. The molecular weight excluding hydrogens is 1090 g/mol. The summed E-state index contributed by atoms with van der Waals surface area (Å²) in [6, 6.07) is 0. The third-order valence-electron chi connectivity index (χ3n) is 0. The van der Waals surface area contributed by atoms with Gasteiger partial charge >= 0.3 is 225 Å². The first kappa shape index (κ1) is 194. The van der Waals surface area contributed by atoms with Crippen molar-refractivity contribution in [3.05, 3.63) is 0 Å². The molecule has 0 aromatic carbocycles. The summed E-state index contributed by atoms with van der Waals surface area (Å²) in [6.45, 7) is 0. The number of rotatable bonds is 0. The van der Waals surface area contributed by atoms with Crippen LogP contribution in [0.15, 0.2) is 0 Å². The average molecular weight is 1090 g/mol. The van der Waals surface area contributed by atoms with Gasteiger partial charge < -0.3 is 49.3 Å². The van der Waals surface area contributed by atoms with Gasteiger partial charge in [0.1, 0.15) is 0 Å². The maximum absolute atomic E-state index is 0. The van der Waals surface area contributed by atoms with Crippen molar-refractivity contribution in [2.24, 2.45) is 0 Å². The maximum atomic E-state index is 0. The van der Waals surface area contributed by atoms with Crippen LogP contribution in [0, 0.1) is 225 Å². The zero-order valence-electron chi connectivity index (χ0n) is 6.05. The molecule has 0 N–H and O–H groups in total. The van der Waals surface area contributed by atoms with Crippen LogP contribution in [0.5, 0.6) is 0 Å². The van der Waals surface area contributed by atoms with Crippen molar-refractivity contribution >= 4 is 0 Å². The van der Waals surface area contributed by atoms with Gasteiger partial charge in [-0.3, -0.25) is 0 Å². The molecule has 0 spiro atoms.